The lowest BCUT2D eigenvalue weighted by molar-refractivity contribution is -0.145. The van der Waals surface area contributed by atoms with Gasteiger partial charge in [-0.05, 0) is 44.4 Å². The highest BCUT2D eigenvalue weighted by atomic mass is 19.1. The van der Waals surface area contributed by atoms with E-state index >= 15 is 0 Å². The summed E-state index contributed by atoms with van der Waals surface area (Å²) in [7, 11) is 0. The molecule has 168 valence electrons. The van der Waals surface area contributed by atoms with Gasteiger partial charge in [0, 0.05) is 51.1 Å². The maximum atomic E-state index is 14.1. The van der Waals surface area contributed by atoms with Crippen molar-refractivity contribution in [2.24, 2.45) is 0 Å². The van der Waals surface area contributed by atoms with Crippen molar-refractivity contribution in [1.29, 1.82) is 0 Å². The van der Waals surface area contributed by atoms with Crippen LogP contribution in [-0.2, 0) is 19.8 Å². The molecule has 1 saturated carbocycles. The molecule has 1 aliphatic carbocycles. The summed E-state index contributed by atoms with van der Waals surface area (Å²) in [6.45, 7) is 7.05. The fraction of sp³-hybridized carbons (Fsp3) is 0.625. The SMILES string of the molecule is CC(C)N1CCN(C(=O)C[C@@]2(c3cccc(F)c3)CC(=O)N(C3CCCC3)C2=O)CC1. The highest BCUT2D eigenvalue weighted by Gasteiger charge is 2.56. The maximum Gasteiger partial charge on any atom is 0.241 e. The molecule has 31 heavy (non-hydrogen) atoms. The molecule has 7 heteroatoms. The molecule has 2 saturated heterocycles. The van der Waals surface area contributed by atoms with Gasteiger partial charge in [-0.25, -0.2) is 4.39 Å². The summed E-state index contributed by atoms with van der Waals surface area (Å²) >= 11 is 0. The summed E-state index contributed by atoms with van der Waals surface area (Å²) < 4.78 is 14.1. The van der Waals surface area contributed by atoms with E-state index in [-0.39, 0.29) is 36.6 Å². The fourth-order valence-electron chi connectivity index (χ4n) is 5.40. The summed E-state index contributed by atoms with van der Waals surface area (Å²) in [5.41, 5.74) is -0.880. The number of benzene rings is 1. The smallest absolute Gasteiger partial charge is 0.241 e. The van der Waals surface area contributed by atoms with Crippen molar-refractivity contribution < 1.29 is 18.8 Å². The van der Waals surface area contributed by atoms with Gasteiger partial charge in [-0.2, -0.15) is 0 Å². The van der Waals surface area contributed by atoms with Crippen LogP contribution in [0.2, 0.25) is 0 Å². The number of nitrogens with zero attached hydrogens (tertiary/aromatic N) is 3. The molecule has 1 aromatic carbocycles. The van der Waals surface area contributed by atoms with E-state index < -0.39 is 11.2 Å². The van der Waals surface area contributed by atoms with Crippen LogP contribution < -0.4 is 0 Å². The molecule has 2 heterocycles. The topological polar surface area (TPSA) is 60.9 Å². The zero-order valence-electron chi connectivity index (χ0n) is 18.5. The van der Waals surface area contributed by atoms with Crippen LogP contribution in [0.5, 0.6) is 0 Å². The summed E-state index contributed by atoms with van der Waals surface area (Å²) in [5, 5.41) is 0. The quantitative estimate of drug-likeness (QED) is 0.676. The minimum absolute atomic E-state index is 0.0660. The molecule has 3 amide bonds. The second kappa shape index (κ2) is 8.69. The molecule has 0 N–H and O–H groups in total. The Balaban J connectivity index is 1.61. The minimum atomic E-state index is -1.31. The van der Waals surface area contributed by atoms with E-state index in [0.717, 1.165) is 38.8 Å². The molecular formula is C24H32FN3O3. The Labute approximate surface area is 183 Å². The Morgan fingerprint density at radius 3 is 2.42 bits per heavy atom. The molecule has 6 nitrogen and oxygen atoms in total. The van der Waals surface area contributed by atoms with E-state index in [1.807, 2.05) is 0 Å². The van der Waals surface area contributed by atoms with Crippen LogP contribution in [0.25, 0.3) is 0 Å². The van der Waals surface area contributed by atoms with Crippen LogP contribution in [0.15, 0.2) is 24.3 Å². The predicted octanol–water partition coefficient (Wildman–Crippen LogP) is 2.71. The number of halogens is 1. The molecule has 0 spiro atoms. The number of hydrogen-bond donors (Lipinski definition) is 0. The highest BCUT2D eigenvalue weighted by molar-refractivity contribution is 6.11. The number of hydrogen-bond acceptors (Lipinski definition) is 4. The lowest BCUT2D eigenvalue weighted by Gasteiger charge is -2.38. The van der Waals surface area contributed by atoms with E-state index in [9.17, 15) is 18.8 Å². The lowest BCUT2D eigenvalue weighted by Crippen LogP contribution is -2.52. The molecule has 0 bridgehead atoms. The molecule has 0 aromatic heterocycles. The zero-order valence-corrected chi connectivity index (χ0v) is 18.5. The minimum Gasteiger partial charge on any atom is -0.340 e. The average molecular weight is 430 g/mol. The van der Waals surface area contributed by atoms with Crippen molar-refractivity contribution >= 4 is 17.7 Å². The van der Waals surface area contributed by atoms with E-state index in [2.05, 4.69) is 18.7 Å². The second-order valence-electron chi connectivity index (χ2n) is 9.46. The Morgan fingerprint density at radius 2 is 1.81 bits per heavy atom. The van der Waals surface area contributed by atoms with Crippen molar-refractivity contribution in [2.75, 3.05) is 26.2 Å². The first-order chi connectivity index (χ1) is 14.8. The van der Waals surface area contributed by atoms with E-state index in [4.69, 9.17) is 0 Å². The first kappa shape index (κ1) is 21.9. The molecule has 2 aliphatic heterocycles. The maximum absolute atomic E-state index is 14.1. The average Bonchev–Trinajstić information content (AvgIpc) is 3.35. The van der Waals surface area contributed by atoms with Gasteiger partial charge in [0.2, 0.25) is 17.7 Å². The Kier molecular flexibility index (Phi) is 6.15. The third kappa shape index (κ3) is 4.12. The molecule has 0 unspecified atom stereocenters. The van der Waals surface area contributed by atoms with E-state index in [1.165, 1.54) is 17.0 Å². The van der Waals surface area contributed by atoms with Crippen molar-refractivity contribution in [1.82, 2.24) is 14.7 Å². The molecular weight excluding hydrogens is 397 g/mol. The number of imide groups is 1. The summed E-state index contributed by atoms with van der Waals surface area (Å²) in [4.78, 5) is 45.5. The van der Waals surface area contributed by atoms with E-state index in [0.29, 0.717) is 24.7 Å². The standard InChI is InChI=1S/C24H32FN3O3/c1-17(2)26-10-12-27(13-11-26)21(29)15-24(18-6-5-7-19(25)14-18)16-22(30)28(23(24)31)20-8-3-4-9-20/h5-7,14,17,20H,3-4,8-13,15-16H2,1-2H3/t24-/m0/s1. The molecule has 3 aliphatic rings. The molecule has 1 aromatic rings. The molecule has 1 atom stereocenters. The van der Waals surface area contributed by atoms with Gasteiger partial charge in [-0.1, -0.05) is 25.0 Å². The Morgan fingerprint density at radius 1 is 1.13 bits per heavy atom. The number of likely N-dealkylation sites (tertiary alicyclic amines) is 1. The van der Waals surface area contributed by atoms with Gasteiger partial charge in [0.25, 0.3) is 0 Å². The third-order valence-electron chi connectivity index (χ3n) is 7.27. The summed E-state index contributed by atoms with van der Waals surface area (Å²) in [5.74, 6) is -1.17. The Hall–Kier alpha value is -2.28. The van der Waals surface area contributed by atoms with Gasteiger partial charge in [-0.15, -0.1) is 0 Å². The monoisotopic (exact) mass is 429 g/mol. The van der Waals surface area contributed by atoms with Gasteiger partial charge in [-0.3, -0.25) is 24.2 Å². The van der Waals surface area contributed by atoms with Gasteiger partial charge < -0.3 is 4.90 Å². The zero-order chi connectivity index (χ0) is 22.2. The lowest BCUT2D eigenvalue weighted by atomic mass is 9.75. The number of carbonyl (C=O) groups is 3. The van der Waals surface area contributed by atoms with Crippen molar-refractivity contribution in [3.63, 3.8) is 0 Å². The fourth-order valence-corrected chi connectivity index (χ4v) is 5.40. The number of carbonyl (C=O) groups excluding carboxylic acids is 3. The normalized spacial score (nSPS) is 25.8. The van der Waals surface area contributed by atoms with E-state index in [1.54, 1.807) is 17.0 Å². The number of amides is 3. The number of rotatable bonds is 5. The van der Waals surface area contributed by atoms with Gasteiger partial charge in [0.1, 0.15) is 5.82 Å². The van der Waals surface area contributed by atoms with Crippen LogP contribution in [-0.4, -0.2) is 70.7 Å². The largest absolute Gasteiger partial charge is 0.340 e. The van der Waals surface area contributed by atoms with Crippen LogP contribution in [0.4, 0.5) is 4.39 Å². The first-order valence-electron chi connectivity index (χ1n) is 11.5. The number of piperazine rings is 1. The highest BCUT2D eigenvalue weighted by Crippen LogP contribution is 2.43. The molecule has 0 radical (unpaired) electrons. The van der Waals surface area contributed by atoms with Crippen molar-refractivity contribution in [3.05, 3.63) is 35.6 Å². The van der Waals surface area contributed by atoms with Crippen LogP contribution in [0.3, 0.4) is 0 Å². The van der Waals surface area contributed by atoms with Crippen LogP contribution in [0.1, 0.15) is 57.9 Å². The van der Waals surface area contributed by atoms with Gasteiger partial charge in [0.15, 0.2) is 0 Å². The summed E-state index contributed by atoms with van der Waals surface area (Å²) in [6.07, 6.45) is 3.44. The van der Waals surface area contributed by atoms with Gasteiger partial charge in [0.05, 0.1) is 5.41 Å². The summed E-state index contributed by atoms with van der Waals surface area (Å²) in [6, 6.07) is 6.18. The van der Waals surface area contributed by atoms with Crippen LogP contribution >= 0.6 is 0 Å². The van der Waals surface area contributed by atoms with Crippen LogP contribution in [0, 0.1) is 5.82 Å². The second-order valence-corrected chi connectivity index (χ2v) is 9.46. The molecule has 4 rings (SSSR count). The first-order valence-corrected chi connectivity index (χ1v) is 11.5. The third-order valence-corrected chi connectivity index (χ3v) is 7.27. The van der Waals surface area contributed by atoms with Gasteiger partial charge >= 0.3 is 0 Å². The van der Waals surface area contributed by atoms with Crippen molar-refractivity contribution in [2.45, 2.75) is 69.9 Å². The van der Waals surface area contributed by atoms with Crippen molar-refractivity contribution in [3.8, 4) is 0 Å². The predicted molar refractivity (Wildman–Crippen MR) is 115 cm³/mol. The molecule has 3 fully saturated rings. The Bertz CT molecular complexity index is 859.